The van der Waals surface area contributed by atoms with Crippen molar-refractivity contribution in [3.63, 3.8) is 0 Å². The molecule has 1 N–H and O–H groups in total. The first-order chi connectivity index (χ1) is 12.8. The smallest absolute Gasteiger partial charge is 0.256 e. The lowest BCUT2D eigenvalue weighted by molar-refractivity contribution is 0.0938. The largest absolute Gasteiger partial charge is 0.349 e. The van der Waals surface area contributed by atoms with Crippen LogP contribution in [0.1, 0.15) is 30.6 Å². The molecule has 0 spiro atoms. The molecular formula is C18H15ClF2N4O2. The summed E-state index contributed by atoms with van der Waals surface area (Å²) < 4.78 is 29.6. The lowest BCUT2D eigenvalue weighted by Crippen LogP contribution is -2.35. The number of halogens is 3. The summed E-state index contributed by atoms with van der Waals surface area (Å²) in [6, 6.07) is 2.55. The van der Waals surface area contributed by atoms with Crippen LogP contribution < -0.4 is 10.7 Å². The second-order valence-electron chi connectivity index (χ2n) is 5.98. The average Bonchev–Trinajstić information content (AvgIpc) is 2.62. The summed E-state index contributed by atoms with van der Waals surface area (Å²) in [6.07, 6.45) is 3.36. The fourth-order valence-electron chi connectivity index (χ4n) is 2.55. The minimum Gasteiger partial charge on any atom is -0.349 e. The fraction of sp³-hybridized carbons (Fsp3) is 0.222. The topological polar surface area (TPSA) is 76.9 Å². The molecule has 3 heterocycles. The van der Waals surface area contributed by atoms with E-state index in [-0.39, 0.29) is 27.8 Å². The number of aromatic nitrogens is 3. The van der Waals surface area contributed by atoms with Gasteiger partial charge in [0.25, 0.3) is 5.91 Å². The molecule has 0 radical (unpaired) electrons. The van der Waals surface area contributed by atoms with Crippen molar-refractivity contribution in [1.29, 1.82) is 0 Å². The molecule has 3 rings (SSSR count). The van der Waals surface area contributed by atoms with Gasteiger partial charge in [0.1, 0.15) is 22.1 Å². The first-order valence-electron chi connectivity index (χ1n) is 8.15. The van der Waals surface area contributed by atoms with Gasteiger partial charge in [-0.15, -0.1) is 0 Å². The Hall–Kier alpha value is -2.87. The number of amides is 1. The zero-order valence-corrected chi connectivity index (χ0v) is 15.2. The van der Waals surface area contributed by atoms with E-state index in [9.17, 15) is 18.4 Å². The summed E-state index contributed by atoms with van der Waals surface area (Å²) in [5.41, 5.74) is -1.46. The van der Waals surface area contributed by atoms with Gasteiger partial charge in [0.15, 0.2) is 11.6 Å². The molecular weight excluding hydrogens is 378 g/mol. The first-order valence-corrected chi connectivity index (χ1v) is 8.53. The molecule has 0 saturated heterocycles. The first kappa shape index (κ1) is 18.9. The van der Waals surface area contributed by atoms with Crippen LogP contribution in [0.25, 0.3) is 16.7 Å². The number of hydrogen-bond acceptors (Lipinski definition) is 4. The van der Waals surface area contributed by atoms with Gasteiger partial charge in [-0.05, 0) is 25.5 Å². The maximum Gasteiger partial charge on any atom is 0.256 e. The molecule has 0 aliphatic carbocycles. The van der Waals surface area contributed by atoms with Gasteiger partial charge in [-0.25, -0.2) is 13.8 Å². The van der Waals surface area contributed by atoms with Crippen molar-refractivity contribution in [2.45, 2.75) is 26.3 Å². The van der Waals surface area contributed by atoms with Crippen LogP contribution in [0.15, 0.2) is 35.5 Å². The predicted octanol–water partition coefficient (Wildman–Crippen LogP) is 3.24. The summed E-state index contributed by atoms with van der Waals surface area (Å²) in [6.45, 7) is 3.65. The van der Waals surface area contributed by atoms with Crippen LogP contribution >= 0.6 is 11.6 Å². The Morgan fingerprint density at radius 1 is 1.30 bits per heavy atom. The van der Waals surface area contributed by atoms with Crippen molar-refractivity contribution in [2.75, 3.05) is 0 Å². The maximum absolute atomic E-state index is 14.3. The predicted molar refractivity (Wildman–Crippen MR) is 97.3 cm³/mol. The van der Waals surface area contributed by atoms with E-state index in [1.807, 2.05) is 6.92 Å². The van der Waals surface area contributed by atoms with E-state index >= 15 is 0 Å². The standard InChI is InChI=1S/C18H15ClF2N4O2/c1-3-9(2)23-18(27)11-8-25(15-12(20)6-22-7-13(15)21)17-10(16(11)26)4-5-14(19)24-17/h4-9H,3H2,1-2H3,(H,23,27)/t9-/m1/s1. The number of fused-ring (bicyclic) bond motifs is 1. The number of nitrogens with one attached hydrogen (secondary N) is 1. The van der Waals surface area contributed by atoms with Crippen LogP contribution in [-0.2, 0) is 0 Å². The summed E-state index contributed by atoms with van der Waals surface area (Å²) in [5, 5.41) is 2.71. The molecule has 6 nitrogen and oxygen atoms in total. The molecule has 0 bridgehead atoms. The van der Waals surface area contributed by atoms with E-state index in [2.05, 4.69) is 15.3 Å². The second kappa shape index (κ2) is 7.40. The Bertz CT molecular complexity index is 1080. The molecule has 0 aromatic carbocycles. The molecule has 3 aromatic rings. The molecule has 3 aromatic heterocycles. The van der Waals surface area contributed by atoms with E-state index in [4.69, 9.17) is 11.6 Å². The minimum atomic E-state index is -0.977. The zero-order valence-electron chi connectivity index (χ0n) is 14.5. The zero-order chi connectivity index (χ0) is 19.7. The van der Waals surface area contributed by atoms with Crippen molar-refractivity contribution in [1.82, 2.24) is 19.9 Å². The summed E-state index contributed by atoms with van der Waals surface area (Å²) in [7, 11) is 0. The molecule has 0 unspecified atom stereocenters. The Labute approximate surface area is 157 Å². The van der Waals surface area contributed by atoms with E-state index in [0.29, 0.717) is 6.42 Å². The molecule has 27 heavy (non-hydrogen) atoms. The van der Waals surface area contributed by atoms with Gasteiger partial charge in [-0.1, -0.05) is 18.5 Å². The maximum atomic E-state index is 14.3. The van der Waals surface area contributed by atoms with Gasteiger partial charge in [-0.2, -0.15) is 0 Å². The van der Waals surface area contributed by atoms with E-state index in [1.54, 1.807) is 6.92 Å². The van der Waals surface area contributed by atoms with Gasteiger partial charge >= 0.3 is 0 Å². The number of carbonyl (C=O) groups is 1. The van der Waals surface area contributed by atoms with Gasteiger partial charge in [-0.3, -0.25) is 19.1 Å². The molecule has 1 amide bonds. The van der Waals surface area contributed by atoms with Crippen LogP contribution in [0.3, 0.4) is 0 Å². The molecule has 0 fully saturated rings. The highest BCUT2D eigenvalue weighted by Crippen LogP contribution is 2.22. The number of carbonyl (C=O) groups excluding carboxylic acids is 1. The molecule has 0 aliphatic heterocycles. The van der Waals surface area contributed by atoms with E-state index < -0.39 is 28.7 Å². The highest BCUT2D eigenvalue weighted by molar-refractivity contribution is 6.29. The Kier molecular flexibility index (Phi) is 5.18. The summed E-state index contributed by atoms with van der Waals surface area (Å²) >= 11 is 5.89. The highest BCUT2D eigenvalue weighted by Gasteiger charge is 2.21. The summed E-state index contributed by atoms with van der Waals surface area (Å²) in [4.78, 5) is 32.7. The number of pyridine rings is 3. The van der Waals surface area contributed by atoms with Crippen molar-refractivity contribution >= 4 is 28.5 Å². The monoisotopic (exact) mass is 392 g/mol. The third-order valence-corrected chi connectivity index (χ3v) is 4.33. The third kappa shape index (κ3) is 3.52. The Morgan fingerprint density at radius 3 is 2.59 bits per heavy atom. The molecule has 9 heteroatoms. The van der Waals surface area contributed by atoms with Gasteiger partial charge in [0.05, 0.1) is 17.8 Å². The van der Waals surface area contributed by atoms with Crippen molar-refractivity contribution in [3.05, 3.63) is 63.3 Å². The van der Waals surface area contributed by atoms with Crippen LogP contribution in [0.2, 0.25) is 5.15 Å². The Balaban J connectivity index is 2.35. The van der Waals surface area contributed by atoms with Gasteiger partial charge in [0.2, 0.25) is 5.43 Å². The van der Waals surface area contributed by atoms with Crippen molar-refractivity contribution in [3.8, 4) is 5.69 Å². The van der Waals surface area contributed by atoms with E-state index in [0.717, 1.165) is 23.2 Å². The molecule has 1 atom stereocenters. The molecule has 0 saturated carbocycles. The van der Waals surface area contributed by atoms with Crippen LogP contribution in [0.5, 0.6) is 0 Å². The van der Waals surface area contributed by atoms with E-state index in [1.165, 1.54) is 12.1 Å². The fourth-order valence-corrected chi connectivity index (χ4v) is 2.69. The lowest BCUT2D eigenvalue weighted by atomic mass is 10.1. The van der Waals surface area contributed by atoms with Gasteiger partial charge < -0.3 is 5.32 Å². The quantitative estimate of drug-likeness (QED) is 0.691. The molecule has 0 aliphatic rings. The average molecular weight is 393 g/mol. The number of hydrogen-bond donors (Lipinski definition) is 1. The van der Waals surface area contributed by atoms with Crippen LogP contribution in [0, 0.1) is 11.6 Å². The van der Waals surface area contributed by atoms with Crippen molar-refractivity contribution in [2.24, 2.45) is 0 Å². The number of rotatable bonds is 4. The summed E-state index contributed by atoms with van der Waals surface area (Å²) in [5.74, 6) is -2.60. The Morgan fingerprint density at radius 2 is 1.96 bits per heavy atom. The second-order valence-corrected chi connectivity index (χ2v) is 6.37. The SMILES string of the molecule is CC[C@@H](C)NC(=O)c1cn(-c2c(F)cncc2F)c2nc(Cl)ccc2c1=O. The highest BCUT2D eigenvalue weighted by atomic mass is 35.5. The minimum absolute atomic E-state index is 0.00631. The lowest BCUT2D eigenvalue weighted by Gasteiger charge is -2.15. The normalized spacial score (nSPS) is 12.2. The van der Waals surface area contributed by atoms with Crippen LogP contribution in [-0.4, -0.2) is 26.5 Å². The van der Waals surface area contributed by atoms with Gasteiger partial charge in [0, 0.05) is 12.2 Å². The third-order valence-electron chi connectivity index (χ3n) is 4.12. The number of nitrogens with zero attached hydrogens (tertiary/aromatic N) is 3. The van der Waals surface area contributed by atoms with Crippen molar-refractivity contribution < 1.29 is 13.6 Å². The molecule has 140 valence electrons. The van der Waals surface area contributed by atoms with Crippen LogP contribution in [0.4, 0.5) is 8.78 Å².